The molecule has 1 aliphatic heterocycles. The lowest BCUT2D eigenvalue weighted by molar-refractivity contribution is 0.00606. The summed E-state index contributed by atoms with van der Waals surface area (Å²) in [7, 11) is 0. The van der Waals surface area contributed by atoms with Gasteiger partial charge in [0, 0.05) is 24.2 Å². The van der Waals surface area contributed by atoms with Crippen LogP contribution in [-0.4, -0.2) is 41.8 Å². The minimum absolute atomic E-state index is 0.381. The van der Waals surface area contributed by atoms with Crippen molar-refractivity contribution >= 4 is 11.6 Å². The van der Waals surface area contributed by atoms with Gasteiger partial charge in [-0.3, -0.25) is 4.90 Å². The van der Waals surface area contributed by atoms with E-state index in [4.69, 9.17) is 16.3 Å². The van der Waals surface area contributed by atoms with Gasteiger partial charge in [-0.1, -0.05) is 44.5 Å². The van der Waals surface area contributed by atoms with Crippen molar-refractivity contribution in [3.63, 3.8) is 0 Å². The SMILES string of the molecule is CC1(C)C[C@H]2C[C@@](C)(CN2C[C@H](O)COCc2ccc(Cl)cc2)C1. The molecule has 2 aliphatic rings. The quantitative estimate of drug-likeness (QED) is 0.836. The van der Waals surface area contributed by atoms with Gasteiger partial charge in [0.25, 0.3) is 0 Å². The van der Waals surface area contributed by atoms with Gasteiger partial charge in [-0.15, -0.1) is 0 Å². The lowest BCUT2D eigenvalue weighted by Crippen LogP contribution is -2.39. The Balaban J connectivity index is 1.45. The number of nitrogens with zero attached hydrogens (tertiary/aromatic N) is 1. The third kappa shape index (κ3) is 4.51. The van der Waals surface area contributed by atoms with Crippen LogP contribution in [0.4, 0.5) is 0 Å². The molecular weight excluding hydrogens is 322 g/mol. The van der Waals surface area contributed by atoms with Crippen LogP contribution in [0, 0.1) is 10.8 Å². The lowest BCUT2D eigenvalue weighted by atomic mass is 9.65. The summed E-state index contributed by atoms with van der Waals surface area (Å²) in [6, 6.07) is 8.26. The molecule has 0 aromatic heterocycles. The lowest BCUT2D eigenvalue weighted by Gasteiger charge is -2.40. The van der Waals surface area contributed by atoms with Gasteiger partial charge in [-0.2, -0.15) is 0 Å². The molecule has 1 aromatic carbocycles. The second-order valence-corrected chi connectivity index (χ2v) is 9.38. The average Bonchev–Trinajstić information content (AvgIpc) is 2.69. The third-order valence-corrected chi connectivity index (χ3v) is 5.71. The number of likely N-dealkylation sites (tertiary alicyclic amines) is 1. The molecule has 134 valence electrons. The van der Waals surface area contributed by atoms with Crippen LogP contribution in [0.1, 0.15) is 45.6 Å². The van der Waals surface area contributed by atoms with E-state index in [-0.39, 0.29) is 0 Å². The highest BCUT2D eigenvalue weighted by Gasteiger charge is 2.49. The first kappa shape index (κ1) is 18.2. The summed E-state index contributed by atoms with van der Waals surface area (Å²) in [5, 5.41) is 11.1. The van der Waals surface area contributed by atoms with Crippen LogP contribution in [0.25, 0.3) is 0 Å². The van der Waals surface area contributed by atoms with Gasteiger partial charge in [0.1, 0.15) is 0 Å². The Morgan fingerprint density at radius 3 is 2.67 bits per heavy atom. The van der Waals surface area contributed by atoms with E-state index in [1.54, 1.807) is 0 Å². The molecular formula is C20H30ClNO2. The van der Waals surface area contributed by atoms with Crippen LogP contribution < -0.4 is 0 Å². The number of rotatable bonds is 6. The van der Waals surface area contributed by atoms with Crippen LogP contribution >= 0.6 is 11.6 Å². The standard InChI is InChI=1S/C20H30ClNO2/c1-19(2)8-17-9-20(3,13-19)14-22(17)10-18(23)12-24-11-15-4-6-16(21)7-5-15/h4-7,17-18,23H,8-14H2,1-3H3/t17-,18-,20+/m0/s1. The van der Waals surface area contributed by atoms with Crippen molar-refractivity contribution in [2.24, 2.45) is 10.8 Å². The molecule has 0 radical (unpaired) electrons. The maximum Gasteiger partial charge on any atom is 0.0900 e. The zero-order valence-corrected chi connectivity index (χ0v) is 15.9. The summed E-state index contributed by atoms with van der Waals surface area (Å²) in [5.74, 6) is 0. The first-order valence-electron chi connectivity index (χ1n) is 8.99. The number of ether oxygens (including phenoxy) is 1. The number of benzene rings is 1. The van der Waals surface area contributed by atoms with E-state index in [1.165, 1.54) is 19.3 Å². The van der Waals surface area contributed by atoms with Crippen molar-refractivity contribution in [1.29, 1.82) is 0 Å². The summed E-state index contributed by atoms with van der Waals surface area (Å²) in [6.07, 6.45) is 3.37. The zero-order valence-electron chi connectivity index (χ0n) is 15.1. The van der Waals surface area contributed by atoms with Crippen molar-refractivity contribution in [2.45, 2.75) is 58.8 Å². The maximum atomic E-state index is 10.4. The fraction of sp³-hybridized carbons (Fsp3) is 0.700. The van der Waals surface area contributed by atoms with E-state index in [0.29, 0.717) is 30.1 Å². The Labute approximate surface area is 150 Å². The summed E-state index contributed by atoms with van der Waals surface area (Å²) >= 11 is 5.88. The van der Waals surface area contributed by atoms with E-state index in [1.807, 2.05) is 24.3 Å². The fourth-order valence-electron chi connectivity index (χ4n) is 5.01. The Kier molecular flexibility index (Phi) is 5.27. The Hall–Kier alpha value is -0.610. The molecule has 0 amide bonds. The molecule has 2 bridgehead atoms. The third-order valence-electron chi connectivity index (χ3n) is 5.46. The van der Waals surface area contributed by atoms with Gasteiger partial charge >= 0.3 is 0 Å². The highest BCUT2D eigenvalue weighted by atomic mass is 35.5. The fourth-order valence-corrected chi connectivity index (χ4v) is 5.13. The predicted octanol–water partition coefficient (Wildman–Crippen LogP) is 4.12. The average molecular weight is 352 g/mol. The molecule has 1 saturated carbocycles. The first-order valence-corrected chi connectivity index (χ1v) is 9.37. The van der Waals surface area contributed by atoms with Gasteiger partial charge in [-0.05, 0) is 47.8 Å². The number of hydrogen-bond donors (Lipinski definition) is 1. The Morgan fingerprint density at radius 2 is 1.96 bits per heavy atom. The van der Waals surface area contributed by atoms with Crippen LogP contribution in [0.15, 0.2) is 24.3 Å². The maximum absolute atomic E-state index is 10.4. The van der Waals surface area contributed by atoms with Crippen LogP contribution in [-0.2, 0) is 11.3 Å². The second kappa shape index (κ2) is 6.95. The smallest absolute Gasteiger partial charge is 0.0900 e. The van der Waals surface area contributed by atoms with Gasteiger partial charge in [0.15, 0.2) is 0 Å². The monoisotopic (exact) mass is 351 g/mol. The number of halogens is 1. The van der Waals surface area contributed by atoms with Crippen LogP contribution in [0.3, 0.4) is 0 Å². The summed E-state index contributed by atoms with van der Waals surface area (Å²) < 4.78 is 5.69. The summed E-state index contributed by atoms with van der Waals surface area (Å²) in [5.41, 5.74) is 1.91. The van der Waals surface area contributed by atoms with E-state index < -0.39 is 6.10 Å². The van der Waals surface area contributed by atoms with Crippen LogP contribution in [0.5, 0.6) is 0 Å². The molecule has 0 spiro atoms. The van der Waals surface area contributed by atoms with Gasteiger partial charge in [-0.25, -0.2) is 0 Å². The highest BCUT2D eigenvalue weighted by molar-refractivity contribution is 6.30. The second-order valence-electron chi connectivity index (χ2n) is 8.94. The highest BCUT2D eigenvalue weighted by Crippen LogP contribution is 2.52. The predicted molar refractivity (Wildman–Crippen MR) is 98.2 cm³/mol. The summed E-state index contributed by atoms with van der Waals surface area (Å²) in [4.78, 5) is 2.49. The van der Waals surface area contributed by atoms with Gasteiger partial charge in [0.2, 0.25) is 0 Å². The Bertz CT molecular complexity index is 559. The summed E-state index contributed by atoms with van der Waals surface area (Å²) in [6.45, 7) is 9.89. The molecule has 1 saturated heterocycles. The Morgan fingerprint density at radius 1 is 1.25 bits per heavy atom. The number of fused-ring (bicyclic) bond motifs is 2. The molecule has 1 aliphatic carbocycles. The van der Waals surface area contributed by atoms with Crippen molar-refractivity contribution in [3.05, 3.63) is 34.9 Å². The molecule has 1 heterocycles. The minimum atomic E-state index is -0.427. The van der Waals surface area contributed by atoms with E-state index in [0.717, 1.165) is 23.7 Å². The molecule has 1 N–H and O–H groups in total. The molecule has 0 unspecified atom stereocenters. The molecule has 2 fully saturated rings. The van der Waals surface area contributed by atoms with Crippen molar-refractivity contribution < 1.29 is 9.84 Å². The van der Waals surface area contributed by atoms with Crippen molar-refractivity contribution in [2.75, 3.05) is 19.7 Å². The normalized spacial score (nSPS) is 30.5. The van der Waals surface area contributed by atoms with Crippen molar-refractivity contribution in [3.8, 4) is 0 Å². The number of aliphatic hydroxyl groups is 1. The van der Waals surface area contributed by atoms with Gasteiger partial charge < -0.3 is 9.84 Å². The molecule has 3 nitrogen and oxygen atoms in total. The molecule has 4 heteroatoms. The van der Waals surface area contributed by atoms with Crippen LogP contribution in [0.2, 0.25) is 5.02 Å². The zero-order chi connectivity index (χ0) is 17.4. The van der Waals surface area contributed by atoms with Crippen molar-refractivity contribution in [1.82, 2.24) is 4.90 Å². The minimum Gasteiger partial charge on any atom is -0.389 e. The van der Waals surface area contributed by atoms with Gasteiger partial charge in [0.05, 0.1) is 19.3 Å². The molecule has 1 aromatic rings. The first-order chi connectivity index (χ1) is 11.2. The number of hydrogen-bond acceptors (Lipinski definition) is 3. The number of aliphatic hydroxyl groups excluding tert-OH is 1. The van der Waals surface area contributed by atoms with E-state index in [2.05, 4.69) is 25.7 Å². The topological polar surface area (TPSA) is 32.7 Å². The molecule has 24 heavy (non-hydrogen) atoms. The largest absolute Gasteiger partial charge is 0.389 e. The van der Waals surface area contributed by atoms with E-state index in [9.17, 15) is 5.11 Å². The molecule has 3 atom stereocenters. The number of β-amino-alcohol motifs (C(OH)–C–C–N with tert-alkyl or cyclic N) is 1. The van der Waals surface area contributed by atoms with E-state index >= 15 is 0 Å². The molecule has 3 rings (SSSR count).